The van der Waals surface area contributed by atoms with Crippen molar-refractivity contribution in [2.24, 2.45) is 5.73 Å². The minimum absolute atomic E-state index is 0.00912. The van der Waals surface area contributed by atoms with Gasteiger partial charge in [-0.05, 0) is 31.9 Å². The molecular formula is C17H26BN2O7S-. The summed E-state index contributed by atoms with van der Waals surface area (Å²) in [7, 11) is 0. The van der Waals surface area contributed by atoms with Gasteiger partial charge in [-0.1, -0.05) is 12.4 Å². The molecule has 0 unspecified atom stereocenters. The van der Waals surface area contributed by atoms with E-state index in [1.165, 1.54) is 0 Å². The van der Waals surface area contributed by atoms with Crippen molar-refractivity contribution in [3.05, 3.63) is 23.3 Å². The van der Waals surface area contributed by atoms with Crippen LogP contribution in [0.15, 0.2) is 12.1 Å². The summed E-state index contributed by atoms with van der Waals surface area (Å²) in [6, 6.07) is 2.51. The summed E-state index contributed by atoms with van der Waals surface area (Å²) in [5.41, 5.74) is 6.49. The quantitative estimate of drug-likeness (QED) is 0.208. The molecule has 0 bridgehead atoms. The molecule has 1 atom stereocenters. The second kappa shape index (κ2) is 7.40. The molecular weight excluding hydrogens is 387 g/mol. The van der Waals surface area contributed by atoms with Gasteiger partial charge in [0, 0.05) is 4.75 Å². The molecule has 0 radical (unpaired) electrons. The fraction of sp³-hybridized carbons (Fsp3) is 0.588. The molecule has 1 amide bonds. The van der Waals surface area contributed by atoms with Gasteiger partial charge in [0.2, 0.25) is 5.91 Å². The van der Waals surface area contributed by atoms with Gasteiger partial charge in [0.15, 0.2) is 6.29 Å². The lowest BCUT2D eigenvalue weighted by atomic mass is 9.70. The molecule has 156 valence electrons. The van der Waals surface area contributed by atoms with E-state index in [0.717, 1.165) is 0 Å². The fourth-order valence-electron chi connectivity index (χ4n) is 3.27. The van der Waals surface area contributed by atoms with Crippen LogP contribution in [0, 0.1) is 0 Å². The summed E-state index contributed by atoms with van der Waals surface area (Å²) < 4.78 is 10.4. The van der Waals surface area contributed by atoms with E-state index in [4.69, 9.17) is 15.1 Å². The van der Waals surface area contributed by atoms with Crippen molar-refractivity contribution >= 4 is 25.3 Å². The van der Waals surface area contributed by atoms with Crippen LogP contribution in [-0.2, 0) is 11.2 Å². The number of carbonyl (C=O) groups is 1. The number of nitrogens with two attached hydrogens (primary N) is 1. The van der Waals surface area contributed by atoms with Crippen molar-refractivity contribution < 1.29 is 34.4 Å². The topological polar surface area (TPSA) is 146 Å². The standard InChI is InChI=1S/C17H26BN2O7S/c1-17(2,28)14(19)15(21)20-7-10(8-20)26-11-4-3-9-5-6-18(24,25)27-13(9)12(11)16(22)23/h3-4,10,14,16,22-25,28H,5-8,19H2,1-2H3/q-1/t14-/m0/s1. The first-order valence-electron chi connectivity index (χ1n) is 9.13. The van der Waals surface area contributed by atoms with Crippen LogP contribution in [0.2, 0.25) is 6.32 Å². The van der Waals surface area contributed by atoms with Crippen molar-refractivity contribution in [2.75, 3.05) is 13.1 Å². The molecule has 2 heterocycles. The van der Waals surface area contributed by atoms with Crippen LogP contribution in [-0.4, -0.2) is 67.8 Å². The van der Waals surface area contributed by atoms with E-state index in [0.29, 0.717) is 25.1 Å². The number of aliphatic hydroxyl groups excluding tert-OH is 1. The molecule has 0 aromatic heterocycles. The van der Waals surface area contributed by atoms with Crippen LogP contribution in [0.1, 0.15) is 31.3 Å². The third kappa shape index (κ3) is 4.24. The van der Waals surface area contributed by atoms with Gasteiger partial charge in [0.25, 0.3) is 0 Å². The van der Waals surface area contributed by atoms with Crippen molar-refractivity contribution in [2.45, 2.75) is 49.8 Å². The van der Waals surface area contributed by atoms with Gasteiger partial charge < -0.3 is 40.3 Å². The Labute approximate surface area is 168 Å². The smallest absolute Gasteiger partial charge is 0.430 e. The van der Waals surface area contributed by atoms with Gasteiger partial charge in [0.1, 0.15) is 11.9 Å². The molecule has 0 spiro atoms. The van der Waals surface area contributed by atoms with Crippen molar-refractivity contribution in [3.8, 4) is 11.5 Å². The predicted octanol–water partition coefficient (Wildman–Crippen LogP) is -0.847. The van der Waals surface area contributed by atoms with Gasteiger partial charge in [-0.3, -0.25) is 4.79 Å². The molecule has 2 aliphatic heterocycles. The van der Waals surface area contributed by atoms with Crippen LogP contribution in [0.25, 0.3) is 0 Å². The molecule has 3 rings (SSSR count). The predicted molar refractivity (Wildman–Crippen MR) is 105 cm³/mol. The highest BCUT2D eigenvalue weighted by Gasteiger charge is 2.40. The third-order valence-electron chi connectivity index (χ3n) is 5.07. The molecule has 28 heavy (non-hydrogen) atoms. The average Bonchev–Trinajstić information content (AvgIpc) is 2.53. The maximum absolute atomic E-state index is 12.4. The normalized spacial score (nSPS) is 20.2. The third-order valence-corrected chi connectivity index (χ3v) is 5.35. The summed E-state index contributed by atoms with van der Waals surface area (Å²) in [6.07, 6.45) is -1.94. The molecule has 1 saturated heterocycles. The number of likely N-dealkylation sites (tertiary alicyclic amines) is 1. The summed E-state index contributed by atoms with van der Waals surface area (Å²) in [5, 5.41) is 39.2. The zero-order valence-corrected chi connectivity index (χ0v) is 16.7. The molecule has 1 fully saturated rings. The number of thiol groups is 1. The monoisotopic (exact) mass is 413 g/mol. The van der Waals surface area contributed by atoms with Crippen LogP contribution in [0.3, 0.4) is 0 Å². The van der Waals surface area contributed by atoms with Crippen LogP contribution in [0.5, 0.6) is 11.5 Å². The second-order valence-corrected chi connectivity index (χ2v) is 9.12. The first-order valence-corrected chi connectivity index (χ1v) is 9.58. The van der Waals surface area contributed by atoms with E-state index in [1.807, 2.05) is 0 Å². The molecule has 9 nitrogen and oxygen atoms in total. The zero-order valence-electron chi connectivity index (χ0n) is 15.8. The SMILES string of the molecule is CC(C)(S)[C@@H](N)C(=O)N1CC(Oc2ccc3c(c2C(O)O)O[B-](O)(O)CC3)C1. The van der Waals surface area contributed by atoms with Crippen molar-refractivity contribution in [1.29, 1.82) is 0 Å². The maximum atomic E-state index is 12.4. The zero-order chi connectivity index (χ0) is 20.9. The first kappa shape index (κ1) is 21.2. The van der Waals surface area contributed by atoms with Gasteiger partial charge in [0.05, 0.1) is 30.4 Å². The number of rotatable bonds is 5. The lowest BCUT2D eigenvalue weighted by Gasteiger charge is -2.42. The Morgan fingerprint density at radius 1 is 1.39 bits per heavy atom. The summed E-state index contributed by atoms with van der Waals surface area (Å²) >= 11 is 4.33. The Morgan fingerprint density at radius 3 is 2.61 bits per heavy atom. The molecule has 2 aliphatic rings. The van der Waals surface area contributed by atoms with Crippen molar-refractivity contribution in [1.82, 2.24) is 4.90 Å². The highest BCUT2D eigenvalue weighted by atomic mass is 32.1. The average molecular weight is 413 g/mol. The van der Waals surface area contributed by atoms with Crippen LogP contribution in [0.4, 0.5) is 0 Å². The number of nitrogens with zero attached hydrogens (tertiary/aromatic N) is 1. The number of carbonyl (C=O) groups excluding carboxylic acids is 1. The Bertz CT molecular complexity index is 763. The second-order valence-electron chi connectivity index (χ2n) is 7.97. The summed E-state index contributed by atoms with van der Waals surface area (Å²) in [4.78, 5) is 13.9. The first-order chi connectivity index (χ1) is 12.9. The van der Waals surface area contributed by atoms with Gasteiger partial charge in [-0.2, -0.15) is 12.6 Å². The molecule has 1 aromatic carbocycles. The number of aryl methyl sites for hydroxylation is 1. The number of fused-ring (bicyclic) bond motifs is 1. The number of hydrogen-bond acceptors (Lipinski definition) is 9. The molecule has 0 aliphatic carbocycles. The number of benzene rings is 1. The van der Waals surface area contributed by atoms with E-state index in [1.54, 1.807) is 30.9 Å². The highest BCUT2D eigenvalue weighted by Crippen LogP contribution is 2.41. The number of ether oxygens (including phenoxy) is 1. The lowest BCUT2D eigenvalue weighted by molar-refractivity contribution is -0.142. The number of hydrogen-bond donors (Lipinski definition) is 6. The van der Waals surface area contributed by atoms with E-state index >= 15 is 0 Å². The van der Waals surface area contributed by atoms with Crippen LogP contribution >= 0.6 is 12.6 Å². The molecule has 1 aromatic rings. The van der Waals surface area contributed by atoms with Crippen LogP contribution < -0.4 is 15.1 Å². The Hall–Kier alpha value is -1.50. The Kier molecular flexibility index (Phi) is 5.61. The Morgan fingerprint density at radius 2 is 2.04 bits per heavy atom. The summed E-state index contributed by atoms with van der Waals surface area (Å²) in [5.74, 6) is -0.0721. The Balaban J connectivity index is 1.72. The highest BCUT2D eigenvalue weighted by molar-refractivity contribution is 7.81. The van der Waals surface area contributed by atoms with E-state index in [2.05, 4.69) is 12.6 Å². The van der Waals surface area contributed by atoms with E-state index in [-0.39, 0.29) is 35.4 Å². The lowest BCUT2D eigenvalue weighted by Crippen LogP contribution is -2.62. The fourth-order valence-corrected chi connectivity index (χ4v) is 3.38. The minimum atomic E-state index is -3.06. The molecule has 0 saturated carbocycles. The van der Waals surface area contributed by atoms with Crippen molar-refractivity contribution in [3.63, 3.8) is 0 Å². The maximum Gasteiger partial charge on any atom is 0.430 e. The number of aliphatic hydroxyl groups is 2. The summed E-state index contributed by atoms with van der Waals surface area (Å²) in [6.45, 7) is 1.05. The van der Waals surface area contributed by atoms with Gasteiger partial charge >= 0.3 is 6.75 Å². The van der Waals surface area contributed by atoms with Gasteiger partial charge in [-0.25, -0.2) is 0 Å². The number of amides is 1. The molecule has 6 N–H and O–H groups in total. The largest absolute Gasteiger partial charge is 0.670 e. The van der Waals surface area contributed by atoms with E-state index in [9.17, 15) is 25.1 Å². The minimum Gasteiger partial charge on any atom is -0.670 e. The van der Waals surface area contributed by atoms with E-state index < -0.39 is 23.8 Å². The van der Waals surface area contributed by atoms with Gasteiger partial charge in [-0.15, -0.1) is 0 Å². The molecule has 11 heteroatoms.